The van der Waals surface area contributed by atoms with Gasteiger partial charge in [0, 0.05) is 35.0 Å². The highest BCUT2D eigenvalue weighted by atomic mass is 16.5. The zero-order valence-electron chi connectivity index (χ0n) is 13.8. The first-order valence-electron chi connectivity index (χ1n) is 7.96. The fraction of sp³-hybridized carbons (Fsp3) is 0.200. The van der Waals surface area contributed by atoms with Gasteiger partial charge in [0.15, 0.2) is 0 Å². The number of hydrogen-bond donors (Lipinski definition) is 0. The lowest BCUT2D eigenvalue weighted by Crippen LogP contribution is -2.26. The van der Waals surface area contributed by atoms with Gasteiger partial charge in [-0.1, -0.05) is 12.1 Å². The van der Waals surface area contributed by atoms with Gasteiger partial charge in [0.05, 0.1) is 6.61 Å². The SMILES string of the molecule is CCOc1ccc(-c2[nH+]c3ccccc3c(C)c2CC(=O)[O-])cc1. The van der Waals surface area contributed by atoms with E-state index in [1.807, 2.05) is 62.4 Å². The van der Waals surface area contributed by atoms with E-state index in [9.17, 15) is 9.90 Å². The van der Waals surface area contributed by atoms with E-state index in [0.717, 1.165) is 39.0 Å². The highest BCUT2D eigenvalue weighted by Crippen LogP contribution is 2.28. The molecule has 0 unspecified atom stereocenters. The quantitative estimate of drug-likeness (QED) is 0.724. The molecule has 0 fully saturated rings. The van der Waals surface area contributed by atoms with Crippen molar-refractivity contribution in [1.29, 1.82) is 0 Å². The number of H-pyrrole nitrogens is 1. The summed E-state index contributed by atoms with van der Waals surface area (Å²) in [5.41, 5.74) is 4.40. The molecule has 0 aliphatic heterocycles. The van der Waals surface area contributed by atoms with Crippen molar-refractivity contribution in [2.24, 2.45) is 0 Å². The van der Waals surface area contributed by atoms with Crippen molar-refractivity contribution in [2.75, 3.05) is 6.61 Å². The molecule has 3 aromatic rings. The number of rotatable bonds is 5. The van der Waals surface area contributed by atoms with Gasteiger partial charge in [-0.05, 0) is 49.7 Å². The van der Waals surface area contributed by atoms with Crippen LogP contribution in [-0.2, 0) is 11.2 Å². The number of aromatic nitrogens is 1. The van der Waals surface area contributed by atoms with Gasteiger partial charge in [-0.2, -0.15) is 0 Å². The van der Waals surface area contributed by atoms with Crippen LogP contribution >= 0.6 is 0 Å². The maximum absolute atomic E-state index is 11.2. The van der Waals surface area contributed by atoms with E-state index in [-0.39, 0.29) is 6.42 Å². The van der Waals surface area contributed by atoms with Gasteiger partial charge in [0.2, 0.25) is 11.2 Å². The fourth-order valence-electron chi connectivity index (χ4n) is 2.98. The Morgan fingerprint density at radius 2 is 1.83 bits per heavy atom. The molecular formula is C20H19NO3. The van der Waals surface area contributed by atoms with Gasteiger partial charge in [0.25, 0.3) is 0 Å². The van der Waals surface area contributed by atoms with Gasteiger partial charge in [0.1, 0.15) is 5.75 Å². The summed E-state index contributed by atoms with van der Waals surface area (Å²) in [5.74, 6) is -0.297. The number of benzene rings is 2. The average Bonchev–Trinajstić information content (AvgIpc) is 2.58. The number of aliphatic carboxylic acids is 1. The zero-order valence-corrected chi connectivity index (χ0v) is 13.8. The van der Waals surface area contributed by atoms with Crippen LogP contribution in [0.15, 0.2) is 48.5 Å². The molecule has 0 aliphatic rings. The number of nitrogens with one attached hydrogen (secondary N) is 1. The predicted octanol–water partition coefficient (Wildman–Crippen LogP) is 2.32. The Balaban J connectivity index is 2.19. The lowest BCUT2D eigenvalue weighted by Gasteiger charge is -2.11. The second-order valence-electron chi connectivity index (χ2n) is 5.66. The molecule has 0 bridgehead atoms. The number of ether oxygens (including phenoxy) is 1. The maximum atomic E-state index is 11.2. The Morgan fingerprint density at radius 3 is 2.50 bits per heavy atom. The van der Waals surface area contributed by atoms with E-state index >= 15 is 0 Å². The molecule has 0 aliphatic carbocycles. The molecular weight excluding hydrogens is 302 g/mol. The standard InChI is InChI=1S/C20H19NO3/c1-3-24-15-10-8-14(9-11-15)20-17(12-19(22)23)13(2)16-6-4-5-7-18(16)21-20/h4-11H,3,12H2,1-2H3,(H,22,23). The Morgan fingerprint density at radius 1 is 1.12 bits per heavy atom. The van der Waals surface area contributed by atoms with Gasteiger partial charge < -0.3 is 14.6 Å². The fourth-order valence-corrected chi connectivity index (χ4v) is 2.98. The summed E-state index contributed by atoms with van der Waals surface area (Å²) < 4.78 is 5.47. The molecule has 1 heterocycles. The van der Waals surface area contributed by atoms with Crippen molar-refractivity contribution in [3.05, 3.63) is 59.7 Å². The van der Waals surface area contributed by atoms with Crippen molar-refractivity contribution in [3.8, 4) is 17.0 Å². The molecule has 1 aromatic heterocycles. The summed E-state index contributed by atoms with van der Waals surface area (Å²) in [4.78, 5) is 14.6. The second-order valence-corrected chi connectivity index (χ2v) is 5.66. The summed E-state index contributed by atoms with van der Waals surface area (Å²) in [6.07, 6.45) is -0.129. The third-order valence-electron chi connectivity index (χ3n) is 4.12. The average molecular weight is 321 g/mol. The molecule has 0 radical (unpaired) electrons. The van der Waals surface area contributed by atoms with Crippen LogP contribution in [0.4, 0.5) is 0 Å². The van der Waals surface area contributed by atoms with Crippen molar-refractivity contribution < 1.29 is 19.6 Å². The minimum atomic E-state index is -1.09. The number of para-hydroxylation sites is 1. The second kappa shape index (κ2) is 6.71. The third-order valence-corrected chi connectivity index (χ3v) is 4.12. The third kappa shape index (κ3) is 3.08. The molecule has 4 nitrogen and oxygen atoms in total. The predicted molar refractivity (Wildman–Crippen MR) is 90.6 cm³/mol. The molecule has 24 heavy (non-hydrogen) atoms. The molecule has 2 aromatic carbocycles. The van der Waals surface area contributed by atoms with E-state index in [1.54, 1.807) is 0 Å². The summed E-state index contributed by atoms with van der Waals surface area (Å²) in [6.45, 7) is 4.50. The first kappa shape index (κ1) is 16.0. The molecule has 0 saturated carbocycles. The molecule has 3 rings (SSSR count). The number of aromatic amines is 1. The van der Waals surface area contributed by atoms with E-state index in [1.165, 1.54) is 0 Å². The van der Waals surface area contributed by atoms with Crippen LogP contribution in [0, 0.1) is 6.92 Å². The smallest absolute Gasteiger partial charge is 0.215 e. The lowest BCUT2D eigenvalue weighted by molar-refractivity contribution is -0.332. The molecule has 0 saturated heterocycles. The van der Waals surface area contributed by atoms with Gasteiger partial charge in [-0.25, -0.2) is 4.98 Å². The molecule has 122 valence electrons. The highest BCUT2D eigenvalue weighted by molar-refractivity contribution is 5.85. The topological polar surface area (TPSA) is 63.5 Å². The number of hydrogen-bond acceptors (Lipinski definition) is 3. The first-order chi connectivity index (χ1) is 11.6. The van der Waals surface area contributed by atoms with Gasteiger partial charge in [-0.3, -0.25) is 0 Å². The number of carboxylic acid groups (broad SMARTS) is 1. The summed E-state index contributed by atoms with van der Waals surface area (Å²) >= 11 is 0. The van der Waals surface area contributed by atoms with E-state index in [2.05, 4.69) is 4.98 Å². The Kier molecular flexibility index (Phi) is 4.47. The molecule has 0 spiro atoms. The van der Waals surface area contributed by atoms with Gasteiger partial charge >= 0.3 is 0 Å². The largest absolute Gasteiger partial charge is 0.550 e. The summed E-state index contributed by atoms with van der Waals surface area (Å²) in [7, 11) is 0. The van der Waals surface area contributed by atoms with Crippen molar-refractivity contribution in [1.82, 2.24) is 0 Å². The van der Waals surface area contributed by atoms with E-state index in [4.69, 9.17) is 4.74 Å². The molecule has 0 amide bonds. The van der Waals surface area contributed by atoms with Crippen LogP contribution in [0.25, 0.3) is 22.2 Å². The number of carbonyl (C=O) groups is 1. The van der Waals surface area contributed by atoms with Crippen molar-refractivity contribution in [3.63, 3.8) is 0 Å². The normalized spacial score (nSPS) is 10.8. The van der Waals surface area contributed by atoms with Crippen LogP contribution in [0.5, 0.6) is 5.75 Å². The van der Waals surface area contributed by atoms with Crippen LogP contribution in [0.2, 0.25) is 0 Å². The van der Waals surface area contributed by atoms with E-state index in [0.29, 0.717) is 6.61 Å². The summed E-state index contributed by atoms with van der Waals surface area (Å²) in [5, 5.41) is 12.3. The Hall–Kier alpha value is -2.88. The number of carboxylic acids is 1. The lowest BCUT2D eigenvalue weighted by atomic mass is 9.95. The van der Waals surface area contributed by atoms with Crippen molar-refractivity contribution in [2.45, 2.75) is 20.3 Å². The Bertz CT molecular complexity index is 885. The number of carbonyl (C=O) groups excluding carboxylic acids is 1. The minimum Gasteiger partial charge on any atom is -0.550 e. The van der Waals surface area contributed by atoms with Crippen molar-refractivity contribution >= 4 is 16.9 Å². The number of aryl methyl sites for hydroxylation is 1. The molecule has 1 N–H and O–H groups in total. The first-order valence-corrected chi connectivity index (χ1v) is 7.96. The zero-order chi connectivity index (χ0) is 17.1. The molecule has 0 atom stereocenters. The Labute approximate surface area is 140 Å². The maximum Gasteiger partial charge on any atom is 0.215 e. The highest BCUT2D eigenvalue weighted by Gasteiger charge is 2.19. The minimum absolute atomic E-state index is 0.129. The van der Waals surface area contributed by atoms with Crippen LogP contribution in [-0.4, -0.2) is 12.6 Å². The van der Waals surface area contributed by atoms with Crippen LogP contribution in [0.1, 0.15) is 18.1 Å². The summed E-state index contributed by atoms with van der Waals surface area (Å²) in [6, 6.07) is 15.5. The number of pyridine rings is 1. The number of fused-ring (bicyclic) bond motifs is 1. The molecule has 4 heteroatoms. The van der Waals surface area contributed by atoms with Crippen LogP contribution in [0.3, 0.4) is 0 Å². The monoisotopic (exact) mass is 321 g/mol. The van der Waals surface area contributed by atoms with E-state index < -0.39 is 5.97 Å². The van der Waals surface area contributed by atoms with Crippen LogP contribution < -0.4 is 14.8 Å². The van der Waals surface area contributed by atoms with Gasteiger partial charge in [-0.15, -0.1) is 0 Å².